The zero-order valence-electron chi connectivity index (χ0n) is 12.5. The Kier molecular flexibility index (Phi) is 4.94. The number of rotatable bonds is 6. The Hall–Kier alpha value is -1.07. The van der Waals surface area contributed by atoms with Crippen molar-refractivity contribution in [2.24, 2.45) is 0 Å². The van der Waals surface area contributed by atoms with Crippen LogP contribution >= 0.6 is 0 Å². The quantitative estimate of drug-likeness (QED) is 0.865. The van der Waals surface area contributed by atoms with E-state index < -0.39 is 18.8 Å². The minimum Gasteiger partial charge on any atom is -0.388 e. The smallest absolute Gasteiger partial charge is 0.388 e. The molecule has 0 heterocycles. The van der Waals surface area contributed by atoms with E-state index >= 15 is 0 Å². The average Bonchev–Trinajstić information content (AvgIpc) is 3.15. The molecule has 1 aromatic rings. The van der Waals surface area contributed by atoms with Gasteiger partial charge in [0.15, 0.2) is 0 Å². The highest BCUT2D eigenvalue weighted by atomic mass is 19.4. The highest BCUT2D eigenvalue weighted by molar-refractivity contribution is 5.29. The van der Waals surface area contributed by atoms with Crippen LogP contribution in [0, 0.1) is 13.8 Å². The highest BCUT2D eigenvalue weighted by Gasteiger charge is 2.37. The van der Waals surface area contributed by atoms with Gasteiger partial charge in [-0.3, -0.25) is 4.90 Å². The molecule has 0 radical (unpaired) electrons. The van der Waals surface area contributed by atoms with E-state index in [0.29, 0.717) is 6.42 Å². The maximum atomic E-state index is 12.5. The van der Waals surface area contributed by atoms with Gasteiger partial charge in [0, 0.05) is 12.6 Å². The molecule has 1 aliphatic carbocycles. The molecule has 1 aliphatic rings. The van der Waals surface area contributed by atoms with Crippen LogP contribution in [0.5, 0.6) is 0 Å². The predicted molar refractivity (Wildman–Crippen MR) is 76.1 cm³/mol. The standard InChI is InChI=1S/C16H22F3NO/c1-11-7-12(2)9-13(8-11)15(21)5-6-20(14-3-4-14)10-16(17,18)19/h7-9,14-15,21H,3-6,10H2,1-2H3. The van der Waals surface area contributed by atoms with E-state index in [-0.39, 0.29) is 12.6 Å². The minimum atomic E-state index is -4.17. The van der Waals surface area contributed by atoms with Crippen molar-refractivity contribution in [3.8, 4) is 0 Å². The van der Waals surface area contributed by atoms with Gasteiger partial charge in [-0.2, -0.15) is 13.2 Å². The molecule has 0 amide bonds. The van der Waals surface area contributed by atoms with Crippen molar-refractivity contribution >= 4 is 0 Å². The lowest BCUT2D eigenvalue weighted by molar-refractivity contribution is -0.147. The van der Waals surface area contributed by atoms with Crippen LogP contribution in [0.1, 0.15) is 42.1 Å². The molecule has 0 aliphatic heterocycles. The lowest BCUT2D eigenvalue weighted by Crippen LogP contribution is -2.37. The number of alkyl halides is 3. The number of aryl methyl sites for hydroxylation is 2. The summed E-state index contributed by atoms with van der Waals surface area (Å²) in [7, 11) is 0. The third-order valence-electron chi connectivity index (χ3n) is 3.76. The van der Waals surface area contributed by atoms with Crippen molar-refractivity contribution in [1.29, 1.82) is 0 Å². The number of aliphatic hydroxyl groups excluding tert-OH is 1. The second kappa shape index (κ2) is 6.36. The summed E-state index contributed by atoms with van der Waals surface area (Å²) in [6, 6.07) is 5.83. The summed E-state index contributed by atoms with van der Waals surface area (Å²) in [4.78, 5) is 1.45. The Morgan fingerprint density at radius 3 is 2.24 bits per heavy atom. The number of nitrogens with zero attached hydrogens (tertiary/aromatic N) is 1. The second-order valence-electron chi connectivity index (χ2n) is 6.04. The normalized spacial score (nSPS) is 17.3. The molecule has 0 bridgehead atoms. The van der Waals surface area contributed by atoms with Gasteiger partial charge in [-0.25, -0.2) is 0 Å². The molecule has 1 fully saturated rings. The molecular formula is C16H22F3NO. The fourth-order valence-corrected chi connectivity index (χ4v) is 2.72. The number of aliphatic hydroxyl groups is 1. The van der Waals surface area contributed by atoms with Gasteiger partial charge in [0.25, 0.3) is 0 Å². The van der Waals surface area contributed by atoms with Crippen LogP contribution in [-0.2, 0) is 0 Å². The Balaban J connectivity index is 1.93. The summed E-state index contributed by atoms with van der Waals surface area (Å²) in [5, 5.41) is 10.2. The van der Waals surface area contributed by atoms with Crippen LogP contribution in [0.3, 0.4) is 0 Å². The summed E-state index contributed by atoms with van der Waals surface area (Å²) in [5.74, 6) is 0. The maximum absolute atomic E-state index is 12.5. The van der Waals surface area contributed by atoms with Crippen LogP contribution in [0.15, 0.2) is 18.2 Å². The monoisotopic (exact) mass is 301 g/mol. The number of benzene rings is 1. The first-order valence-electron chi connectivity index (χ1n) is 7.31. The van der Waals surface area contributed by atoms with Gasteiger partial charge in [0.1, 0.15) is 0 Å². The van der Waals surface area contributed by atoms with Crippen LogP contribution in [0.25, 0.3) is 0 Å². The number of halogens is 3. The Bertz CT molecular complexity index is 463. The highest BCUT2D eigenvalue weighted by Crippen LogP contribution is 2.31. The van der Waals surface area contributed by atoms with E-state index in [1.54, 1.807) is 0 Å². The molecule has 5 heteroatoms. The zero-order chi connectivity index (χ0) is 15.6. The van der Waals surface area contributed by atoms with Gasteiger partial charge < -0.3 is 5.11 Å². The van der Waals surface area contributed by atoms with E-state index in [4.69, 9.17) is 0 Å². The van der Waals surface area contributed by atoms with Crippen LogP contribution < -0.4 is 0 Å². The van der Waals surface area contributed by atoms with Gasteiger partial charge in [-0.15, -0.1) is 0 Å². The summed E-state index contributed by atoms with van der Waals surface area (Å²) in [6.07, 6.45) is -2.90. The molecule has 1 N–H and O–H groups in total. The summed E-state index contributed by atoms with van der Waals surface area (Å²) in [6.45, 7) is 3.29. The van der Waals surface area contributed by atoms with Crippen molar-refractivity contribution in [3.05, 3.63) is 34.9 Å². The molecule has 1 unspecified atom stereocenters. The summed E-state index contributed by atoms with van der Waals surface area (Å²) < 4.78 is 37.6. The van der Waals surface area contributed by atoms with Crippen molar-refractivity contribution in [1.82, 2.24) is 4.90 Å². The molecule has 1 atom stereocenters. The van der Waals surface area contributed by atoms with Gasteiger partial charge >= 0.3 is 6.18 Å². The van der Waals surface area contributed by atoms with Crippen molar-refractivity contribution in [2.45, 2.75) is 51.4 Å². The Morgan fingerprint density at radius 1 is 1.19 bits per heavy atom. The molecular weight excluding hydrogens is 279 g/mol. The van der Waals surface area contributed by atoms with Crippen molar-refractivity contribution < 1.29 is 18.3 Å². The molecule has 1 saturated carbocycles. The van der Waals surface area contributed by atoms with E-state index in [0.717, 1.165) is 29.5 Å². The fraction of sp³-hybridized carbons (Fsp3) is 0.625. The zero-order valence-corrected chi connectivity index (χ0v) is 12.5. The van der Waals surface area contributed by atoms with E-state index in [1.807, 2.05) is 32.0 Å². The van der Waals surface area contributed by atoms with Crippen LogP contribution in [0.2, 0.25) is 0 Å². The molecule has 2 nitrogen and oxygen atoms in total. The lowest BCUT2D eigenvalue weighted by atomic mass is 10.0. The molecule has 0 spiro atoms. The fourth-order valence-electron chi connectivity index (χ4n) is 2.72. The molecule has 0 saturated heterocycles. The number of hydrogen-bond acceptors (Lipinski definition) is 2. The van der Waals surface area contributed by atoms with Gasteiger partial charge in [-0.1, -0.05) is 29.3 Å². The summed E-state index contributed by atoms with van der Waals surface area (Å²) >= 11 is 0. The Labute approximate surface area is 123 Å². The van der Waals surface area contributed by atoms with Crippen molar-refractivity contribution in [3.63, 3.8) is 0 Å². The van der Waals surface area contributed by atoms with E-state index in [1.165, 1.54) is 4.90 Å². The largest absolute Gasteiger partial charge is 0.401 e. The third kappa shape index (κ3) is 5.32. The van der Waals surface area contributed by atoms with Gasteiger partial charge in [0.2, 0.25) is 0 Å². The third-order valence-corrected chi connectivity index (χ3v) is 3.76. The molecule has 2 rings (SSSR count). The Morgan fingerprint density at radius 2 is 1.76 bits per heavy atom. The van der Waals surface area contributed by atoms with Gasteiger partial charge in [-0.05, 0) is 38.7 Å². The second-order valence-corrected chi connectivity index (χ2v) is 6.04. The van der Waals surface area contributed by atoms with E-state index in [9.17, 15) is 18.3 Å². The minimum absolute atomic E-state index is 0.0399. The molecule has 21 heavy (non-hydrogen) atoms. The first kappa shape index (κ1) is 16.3. The van der Waals surface area contributed by atoms with Gasteiger partial charge in [0.05, 0.1) is 12.6 Å². The SMILES string of the molecule is Cc1cc(C)cc(C(O)CCN(CC(F)(F)F)C2CC2)c1. The van der Waals surface area contributed by atoms with Crippen LogP contribution in [0.4, 0.5) is 13.2 Å². The van der Waals surface area contributed by atoms with E-state index in [2.05, 4.69) is 0 Å². The lowest BCUT2D eigenvalue weighted by Gasteiger charge is -2.24. The summed E-state index contributed by atoms with van der Waals surface area (Å²) in [5.41, 5.74) is 2.90. The first-order chi connectivity index (χ1) is 9.74. The first-order valence-corrected chi connectivity index (χ1v) is 7.31. The van der Waals surface area contributed by atoms with Crippen molar-refractivity contribution in [2.75, 3.05) is 13.1 Å². The molecule has 0 aromatic heterocycles. The average molecular weight is 301 g/mol. The topological polar surface area (TPSA) is 23.5 Å². The maximum Gasteiger partial charge on any atom is 0.401 e. The van der Waals surface area contributed by atoms with Crippen LogP contribution in [-0.4, -0.2) is 35.3 Å². The molecule has 118 valence electrons. The number of hydrogen-bond donors (Lipinski definition) is 1. The predicted octanol–water partition coefficient (Wildman–Crippen LogP) is 3.75. The molecule has 1 aromatic carbocycles.